The third-order valence-corrected chi connectivity index (χ3v) is 3.91. The molecule has 1 N–H and O–H groups in total. The number of benzene rings is 1. The van der Waals surface area contributed by atoms with Crippen LogP contribution in [0.4, 0.5) is 5.69 Å². The average molecular weight is 273 g/mol. The molecule has 1 aliphatic heterocycles. The molecule has 94 valence electrons. The fourth-order valence-corrected chi connectivity index (χ4v) is 2.59. The minimum absolute atomic E-state index is 0.744. The van der Waals surface area contributed by atoms with E-state index in [9.17, 15) is 0 Å². The summed E-state index contributed by atoms with van der Waals surface area (Å²) in [6.45, 7) is 6.40. The van der Waals surface area contributed by atoms with Crippen LogP contribution in [-0.4, -0.2) is 31.1 Å². The molecule has 0 aliphatic carbocycles. The van der Waals surface area contributed by atoms with Gasteiger partial charge in [0.25, 0.3) is 0 Å². The largest absolute Gasteiger partial charge is 0.383 e. The van der Waals surface area contributed by atoms with Crippen LogP contribution in [0.5, 0.6) is 0 Å². The number of hydrogen-bond donors (Lipinski definition) is 1. The van der Waals surface area contributed by atoms with Gasteiger partial charge in [0, 0.05) is 18.1 Å². The van der Waals surface area contributed by atoms with Crippen molar-refractivity contribution in [1.82, 2.24) is 4.90 Å². The predicted octanol–water partition coefficient (Wildman–Crippen LogP) is 3.81. The van der Waals surface area contributed by atoms with Gasteiger partial charge in [0.05, 0.1) is 10.7 Å². The Hall–Kier alpha value is -0.440. The monoisotopic (exact) mass is 272 g/mol. The van der Waals surface area contributed by atoms with Crippen LogP contribution in [0.15, 0.2) is 12.1 Å². The molecule has 17 heavy (non-hydrogen) atoms. The molecule has 0 aromatic heterocycles. The van der Waals surface area contributed by atoms with Crippen LogP contribution in [0.3, 0.4) is 0 Å². The summed E-state index contributed by atoms with van der Waals surface area (Å²) < 4.78 is 0. The number of nitrogens with one attached hydrogen (secondary N) is 1. The summed E-state index contributed by atoms with van der Waals surface area (Å²) in [4.78, 5) is 2.47. The number of halogens is 2. The number of hydrogen-bond acceptors (Lipinski definition) is 2. The van der Waals surface area contributed by atoms with Gasteiger partial charge in [-0.15, -0.1) is 0 Å². The van der Waals surface area contributed by atoms with Gasteiger partial charge in [-0.05, 0) is 50.6 Å². The molecule has 1 aromatic carbocycles. The van der Waals surface area contributed by atoms with Crippen LogP contribution in [0, 0.1) is 6.92 Å². The van der Waals surface area contributed by atoms with Gasteiger partial charge in [0.2, 0.25) is 0 Å². The van der Waals surface area contributed by atoms with Crippen molar-refractivity contribution in [3.63, 3.8) is 0 Å². The molecular formula is C13H18Cl2N2. The van der Waals surface area contributed by atoms with Crippen LogP contribution in [0.1, 0.15) is 18.4 Å². The maximum atomic E-state index is 6.16. The Kier molecular flexibility index (Phi) is 4.55. The molecule has 4 heteroatoms. The van der Waals surface area contributed by atoms with E-state index in [0.717, 1.165) is 34.4 Å². The summed E-state index contributed by atoms with van der Waals surface area (Å²) in [5, 5.41) is 4.86. The summed E-state index contributed by atoms with van der Waals surface area (Å²) in [5.74, 6) is 0. The molecule has 0 saturated carbocycles. The Balaban J connectivity index is 1.87. The topological polar surface area (TPSA) is 15.3 Å². The lowest BCUT2D eigenvalue weighted by Crippen LogP contribution is -2.26. The first-order chi connectivity index (χ1) is 8.16. The van der Waals surface area contributed by atoms with Crippen molar-refractivity contribution in [3.8, 4) is 0 Å². The lowest BCUT2D eigenvalue weighted by Gasteiger charge is -2.16. The Bertz CT molecular complexity index is 387. The van der Waals surface area contributed by atoms with Gasteiger partial charge in [-0.1, -0.05) is 23.2 Å². The van der Waals surface area contributed by atoms with Gasteiger partial charge in [0.15, 0.2) is 0 Å². The predicted molar refractivity (Wildman–Crippen MR) is 75.4 cm³/mol. The molecule has 0 unspecified atom stereocenters. The first-order valence-corrected chi connectivity index (χ1v) is 6.84. The van der Waals surface area contributed by atoms with E-state index in [1.807, 2.05) is 19.1 Å². The van der Waals surface area contributed by atoms with Gasteiger partial charge in [-0.25, -0.2) is 0 Å². The van der Waals surface area contributed by atoms with E-state index in [1.54, 1.807) is 0 Å². The number of anilines is 1. The molecule has 1 fully saturated rings. The highest BCUT2D eigenvalue weighted by atomic mass is 35.5. The maximum Gasteiger partial charge on any atom is 0.0641 e. The summed E-state index contributed by atoms with van der Waals surface area (Å²) in [6, 6.07) is 3.81. The zero-order chi connectivity index (χ0) is 12.3. The van der Waals surface area contributed by atoms with Crippen molar-refractivity contribution < 1.29 is 0 Å². The number of rotatable bonds is 4. The molecule has 0 atom stereocenters. The second-order valence-corrected chi connectivity index (χ2v) is 5.37. The van der Waals surface area contributed by atoms with Crippen LogP contribution in [-0.2, 0) is 0 Å². The Morgan fingerprint density at radius 2 is 1.88 bits per heavy atom. The minimum Gasteiger partial charge on any atom is -0.383 e. The first-order valence-electron chi connectivity index (χ1n) is 6.08. The Labute approximate surface area is 113 Å². The maximum absolute atomic E-state index is 6.16. The molecule has 0 amide bonds. The highest BCUT2D eigenvalue weighted by Crippen LogP contribution is 2.28. The zero-order valence-corrected chi connectivity index (χ0v) is 11.6. The van der Waals surface area contributed by atoms with Crippen LogP contribution >= 0.6 is 23.2 Å². The molecule has 2 nitrogen and oxygen atoms in total. The number of nitrogens with zero attached hydrogens (tertiary/aromatic N) is 1. The SMILES string of the molecule is Cc1cc(Cl)c(NCCN2CCCC2)cc1Cl. The van der Waals surface area contributed by atoms with E-state index in [2.05, 4.69) is 10.2 Å². The van der Waals surface area contributed by atoms with E-state index < -0.39 is 0 Å². The third-order valence-electron chi connectivity index (χ3n) is 3.19. The zero-order valence-electron chi connectivity index (χ0n) is 10.1. The van der Waals surface area contributed by atoms with Gasteiger partial charge in [-0.2, -0.15) is 0 Å². The molecule has 1 saturated heterocycles. The minimum atomic E-state index is 0.744. The lowest BCUT2D eigenvalue weighted by molar-refractivity contribution is 0.352. The molecule has 1 aliphatic rings. The van der Waals surface area contributed by atoms with E-state index in [1.165, 1.54) is 25.9 Å². The summed E-state index contributed by atoms with van der Waals surface area (Å²) in [5.41, 5.74) is 1.95. The highest BCUT2D eigenvalue weighted by Gasteiger charge is 2.11. The number of likely N-dealkylation sites (tertiary alicyclic amines) is 1. The summed E-state index contributed by atoms with van der Waals surface area (Å²) in [6.07, 6.45) is 2.66. The third kappa shape index (κ3) is 3.51. The van der Waals surface area contributed by atoms with Crippen molar-refractivity contribution in [3.05, 3.63) is 27.7 Å². The van der Waals surface area contributed by atoms with Gasteiger partial charge < -0.3 is 10.2 Å². The van der Waals surface area contributed by atoms with Crippen molar-refractivity contribution in [2.75, 3.05) is 31.5 Å². The summed E-state index contributed by atoms with van der Waals surface area (Å²) >= 11 is 12.2. The van der Waals surface area contributed by atoms with Crippen molar-refractivity contribution in [2.24, 2.45) is 0 Å². The van der Waals surface area contributed by atoms with Crippen LogP contribution < -0.4 is 5.32 Å². The number of aryl methyl sites for hydroxylation is 1. The molecule has 1 aromatic rings. The van der Waals surface area contributed by atoms with E-state index >= 15 is 0 Å². The van der Waals surface area contributed by atoms with E-state index in [4.69, 9.17) is 23.2 Å². The second kappa shape index (κ2) is 5.94. The highest BCUT2D eigenvalue weighted by molar-refractivity contribution is 6.35. The quantitative estimate of drug-likeness (QED) is 0.897. The lowest BCUT2D eigenvalue weighted by atomic mass is 10.2. The molecular weight excluding hydrogens is 255 g/mol. The fourth-order valence-electron chi connectivity index (χ4n) is 2.14. The van der Waals surface area contributed by atoms with E-state index in [0.29, 0.717) is 0 Å². The van der Waals surface area contributed by atoms with Crippen LogP contribution in [0.2, 0.25) is 10.0 Å². The molecule has 2 rings (SSSR count). The van der Waals surface area contributed by atoms with Crippen molar-refractivity contribution in [1.29, 1.82) is 0 Å². The smallest absolute Gasteiger partial charge is 0.0641 e. The Morgan fingerprint density at radius 1 is 1.18 bits per heavy atom. The second-order valence-electron chi connectivity index (χ2n) is 4.56. The molecule has 0 radical (unpaired) electrons. The van der Waals surface area contributed by atoms with Crippen molar-refractivity contribution >= 4 is 28.9 Å². The van der Waals surface area contributed by atoms with Crippen molar-refractivity contribution in [2.45, 2.75) is 19.8 Å². The van der Waals surface area contributed by atoms with Gasteiger partial charge in [0.1, 0.15) is 0 Å². The van der Waals surface area contributed by atoms with Crippen LogP contribution in [0.25, 0.3) is 0 Å². The normalized spacial score (nSPS) is 16.4. The standard InChI is InChI=1S/C13H18Cl2N2/c1-10-8-12(15)13(9-11(10)14)16-4-7-17-5-2-3-6-17/h8-9,16H,2-7H2,1H3. The molecule has 1 heterocycles. The molecule has 0 bridgehead atoms. The van der Waals surface area contributed by atoms with Gasteiger partial charge >= 0.3 is 0 Å². The van der Waals surface area contributed by atoms with Gasteiger partial charge in [-0.3, -0.25) is 0 Å². The Morgan fingerprint density at radius 3 is 2.59 bits per heavy atom. The average Bonchev–Trinajstić information content (AvgIpc) is 2.78. The first kappa shape index (κ1) is 13.0. The summed E-state index contributed by atoms with van der Waals surface area (Å²) in [7, 11) is 0. The van der Waals surface area contributed by atoms with E-state index in [-0.39, 0.29) is 0 Å². The fraction of sp³-hybridized carbons (Fsp3) is 0.538. The molecule has 0 spiro atoms.